The Kier molecular flexibility index (Phi) is 5.06. The van der Waals surface area contributed by atoms with Gasteiger partial charge < -0.3 is 19.3 Å². The van der Waals surface area contributed by atoms with Crippen molar-refractivity contribution >= 4 is 5.97 Å². The fourth-order valence-electron chi connectivity index (χ4n) is 3.14. The van der Waals surface area contributed by atoms with E-state index >= 15 is 0 Å². The molecule has 1 aliphatic heterocycles. The number of epoxide rings is 1. The zero-order valence-corrected chi connectivity index (χ0v) is 14.0. The molecule has 1 aromatic rings. The van der Waals surface area contributed by atoms with E-state index in [1.54, 1.807) is 13.8 Å². The van der Waals surface area contributed by atoms with Gasteiger partial charge in [-0.3, -0.25) is 4.79 Å². The summed E-state index contributed by atoms with van der Waals surface area (Å²) in [5, 5.41) is 10.6. The first-order chi connectivity index (χ1) is 11.5. The molecule has 1 saturated carbocycles. The Morgan fingerprint density at radius 3 is 2.79 bits per heavy atom. The maximum Gasteiger partial charge on any atom is 0.309 e. The van der Waals surface area contributed by atoms with E-state index in [0.717, 1.165) is 6.42 Å². The summed E-state index contributed by atoms with van der Waals surface area (Å²) in [5.74, 6) is -1.24. The number of rotatable bonds is 7. The van der Waals surface area contributed by atoms with Gasteiger partial charge in [-0.25, -0.2) is 4.39 Å². The normalized spacial score (nSPS) is 26.5. The quantitative estimate of drug-likeness (QED) is 0.611. The van der Waals surface area contributed by atoms with Gasteiger partial charge in [-0.05, 0) is 38.8 Å². The molecule has 6 heteroatoms. The van der Waals surface area contributed by atoms with Crippen molar-refractivity contribution in [3.63, 3.8) is 0 Å². The van der Waals surface area contributed by atoms with Crippen molar-refractivity contribution < 1.29 is 28.5 Å². The monoisotopic (exact) mass is 338 g/mol. The van der Waals surface area contributed by atoms with Crippen LogP contribution in [-0.4, -0.2) is 37.0 Å². The molecule has 0 unspecified atom stereocenters. The molecule has 0 spiro atoms. The van der Waals surface area contributed by atoms with Crippen LogP contribution in [0.4, 0.5) is 4.39 Å². The molecule has 1 aliphatic carbocycles. The number of carbonyl (C=O) groups excluding carboxylic acids is 1. The van der Waals surface area contributed by atoms with Crippen molar-refractivity contribution in [2.75, 3.05) is 19.8 Å². The van der Waals surface area contributed by atoms with E-state index in [4.69, 9.17) is 14.2 Å². The van der Waals surface area contributed by atoms with Crippen LogP contribution in [0.2, 0.25) is 0 Å². The fraction of sp³-hybridized carbons (Fsp3) is 0.611. The molecule has 1 heterocycles. The second-order valence-electron chi connectivity index (χ2n) is 6.41. The molecule has 1 aromatic carbocycles. The summed E-state index contributed by atoms with van der Waals surface area (Å²) in [6, 6.07) is 2.60. The summed E-state index contributed by atoms with van der Waals surface area (Å²) in [6.45, 7) is 4.93. The van der Waals surface area contributed by atoms with Gasteiger partial charge in [-0.15, -0.1) is 0 Å². The van der Waals surface area contributed by atoms with Gasteiger partial charge in [0, 0.05) is 17.0 Å². The highest BCUT2D eigenvalue weighted by molar-refractivity contribution is 5.75. The van der Waals surface area contributed by atoms with E-state index in [0.29, 0.717) is 37.4 Å². The van der Waals surface area contributed by atoms with Gasteiger partial charge >= 0.3 is 5.97 Å². The first-order valence-electron chi connectivity index (χ1n) is 8.43. The number of ether oxygens (including phenoxy) is 3. The fourth-order valence-corrected chi connectivity index (χ4v) is 3.14. The number of hydrogen-bond acceptors (Lipinski definition) is 5. The Hall–Kier alpha value is -1.66. The predicted octanol–water partition coefficient (Wildman–Crippen LogP) is 3.06. The zero-order valence-electron chi connectivity index (χ0n) is 14.0. The van der Waals surface area contributed by atoms with Gasteiger partial charge in [-0.2, -0.15) is 0 Å². The third-order valence-corrected chi connectivity index (χ3v) is 4.77. The Bertz CT molecular complexity index is 614. The first kappa shape index (κ1) is 17.2. The first-order valence-corrected chi connectivity index (χ1v) is 8.43. The van der Waals surface area contributed by atoms with Crippen molar-refractivity contribution in [3.8, 4) is 5.75 Å². The zero-order chi connectivity index (χ0) is 17.3. The molecule has 0 bridgehead atoms. The largest absolute Gasteiger partial charge is 0.507 e. The minimum Gasteiger partial charge on any atom is -0.507 e. The lowest BCUT2D eigenvalue weighted by Crippen LogP contribution is -2.33. The minimum absolute atomic E-state index is 0.0135. The summed E-state index contributed by atoms with van der Waals surface area (Å²) in [5.41, 5.74) is 0.868. The average Bonchev–Trinajstić information content (AvgIpc) is 3.31. The molecule has 1 N–H and O–H groups in total. The minimum atomic E-state index is -0.454. The lowest BCUT2D eigenvalue weighted by Gasteiger charge is -2.35. The van der Waals surface area contributed by atoms with E-state index in [1.165, 1.54) is 12.1 Å². The lowest BCUT2D eigenvalue weighted by molar-refractivity contribution is -0.152. The standard InChI is InChI=1S/C18H23FO5/c1-3-22-18(21)14-5-4-13(14)16-7-11(19)6-15(17(16)20)10(2)23-8-12-9-24-12/h6-7,10,12-14,20H,3-5,8-9H2,1-2H3/t10-,12+,13-,14-/m1/s1. The number of esters is 1. The van der Waals surface area contributed by atoms with Crippen LogP contribution in [0.5, 0.6) is 5.75 Å². The highest BCUT2D eigenvalue weighted by atomic mass is 19.1. The molecule has 1 saturated heterocycles. The summed E-state index contributed by atoms with van der Waals surface area (Å²) in [7, 11) is 0. The van der Waals surface area contributed by atoms with Crippen LogP contribution in [0.25, 0.3) is 0 Å². The molecule has 0 radical (unpaired) electrons. The van der Waals surface area contributed by atoms with Crippen LogP contribution in [0.1, 0.15) is 49.8 Å². The summed E-state index contributed by atoms with van der Waals surface area (Å²) in [6.07, 6.45) is 1.07. The third kappa shape index (κ3) is 3.54. The summed E-state index contributed by atoms with van der Waals surface area (Å²) >= 11 is 0. The predicted molar refractivity (Wildman–Crippen MR) is 84.3 cm³/mol. The van der Waals surface area contributed by atoms with E-state index < -0.39 is 11.9 Å². The van der Waals surface area contributed by atoms with Crippen LogP contribution in [0.3, 0.4) is 0 Å². The molecular formula is C18H23FO5. The Balaban J connectivity index is 1.79. The smallest absolute Gasteiger partial charge is 0.309 e. The molecule has 0 aromatic heterocycles. The van der Waals surface area contributed by atoms with E-state index in [1.807, 2.05) is 0 Å². The number of phenolic OH excluding ortho intramolecular Hbond substituents is 1. The number of carbonyl (C=O) groups is 1. The van der Waals surface area contributed by atoms with Crippen LogP contribution >= 0.6 is 0 Å². The molecule has 4 atom stereocenters. The van der Waals surface area contributed by atoms with Crippen molar-refractivity contribution in [2.45, 2.75) is 44.8 Å². The van der Waals surface area contributed by atoms with Gasteiger partial charge in [-0.1, -0.05) is 0 Å². The molecular weight excluding hydrogens is 315 g/mol. The second-order valence-corrected chi connectivity index (χ2v) is 6.41. The van der Waals surface area contributed by atoms with Gasteiger partial charge in [0.2, 0.25) is 0 Å². The molecule has 3 rings (SSSR count). The number of phenols is 1. The number of hydrogen-bond donors (Lipinski definition) is 1. The molecule has 132 valence electrons. The van der Waals surface area contributed by atoms with Crippen LogP contribution < -0.4 is 0 Å². The summed E-state index contributed by atoms with van der Waals surface area (Å²) in [4.78, 5) is 12.0. The highest BCUT2D eigenvalue weighted by Crippen LogP contribution is 2.48. The molecule has 2 fully saturated rings. The van der Waals surface area contributed by atoms with Crippen LogP contribution in [0, 0.1) is 11.7 Å². The van der Waals surface area contributed by atoms with Gasteiger partial charge in [0.05, 0.1) is 31.8 Å². The Morgan fingerprint density at radius 2 is 2.21 bits per heavy atom. The van der Waals surface area contributed by atoms with Gasteiger partial charge in [0.1, 0.15) is 17.7 Å². The average molecular weight is 338 g/mol. The van der Waals surface area contributed by atoms with Gasteiger partial charge in [0.25, 0.3) is 0 Å². The van der Waals surface area contributed by atoms with Crippen molar-refractivity contribution in [2.24, 2.45) is 5.92 Å². The van der Waals surface area contributed by atoms with Crippen molar-refractivity contribution in [1.29, 1.82) is 0 Å². The molecule has 24 heavy (non-hydrogen) atoms. The van der Waals surface area contributed by atoms with E-state index in [2.05, 4.69) is 0 Å². The van der Waals surface area contributed by atoms with E-state index in [9.17, 15) is 14.3 Å². The SMILES string of the molecule is CCOC(=O)[C@@H]1CC[C@H]1c1cc(F)cc([C@@H](C)OC[C@H]2CO2)c1O. The molecule has 2 aliphatic rings. The lowest BCUT2D eigenvalue weighted by atomic mass is 9.69. The van der Waals surface area contributed by atoms with E-state index in [-0.39, 0.29) is 29.7 Å². The summed E-state index contributed by atoms with van der Waals surface area (Å²) < 4.78 is 29.9. The van der Waals surface area contributed by atoms with Crippen LogP contribution in [0.15, 0.2) is 12.1 Å². The highest BCUT2D eigenvalue weighted by Gasteiger charge is 2.40. The molecule has 5 nitrogen and oxygen atoms in total. The maximum absolute atomic E-state index is 14.1. The third-order valence-electron chi connectivity index (χ3n) is 4.77. The second kappa shape index (κ2) is 7.07. The number of aromatic hydroxyl groups is 1. The number of benzene rings is 1. The topological polar surface area (TPSA) is 68.3 Å². The number of halogens is 1. The molecule has 0 amide bonds. The van der Waals surface area contributed by atoms with Crippen LogP contribution in [-0.2, 0) is 19.0 Å². The van der Waals surface area contributed by atoms with Gasteiger partial charge in [0.15, 0.2) is 0 Å². The Labute approximate surface area is 140 Å². The maximum atomic E-state index is 14.1. The Morgan fingerprint density at radius 1 is 1.46 bits per heavy atom. The van der Waals surface area contributed by atoms with Crippen molar-refractivity contribution in [1.82, 2.24) is 0 Å². The van der Waals surface area contributed by atoms with Crippen molar-refractivity contribution in [3.05, 3.63) is 29.1 Å².